The van der Waals surface area contributed by atoms with Crippen molar-refractivity contribution in [1.82, 2.24) is 9.97 Å². The summed E-state index contributed by atoms with van der Waals surface area (Å²) < 4.78 is 12.7. The number of benzene rings is 1. The van der Waals surface area contributed by atoms with Gasteiger partial charge < -0.3 is 5.73 Å². The van der Waals surface area contributed by atoms with Crippen molar-refractivity contribution in [3.05, 3.63) is 29.2 Å². The van der Waals surface area contributed by atoms with Gasteiger partial charge in [0.05, 0.1) is 11.0 Å². The van der Waals surface area contributed by atoms with E-state index in [9.17, 15) is 4.39 Å². The van der Waals surface area contributed by atoms with Crippen LogP contribution in [0, 0.1) is 5.82 Å². The van der Waals surface area contributed by atoms with E-state index in [2.05, 4.69) is 9.97 Å². The summed E-state index contributed by atoms with van der Waals surface area (Å²) in [6.07, 6.45) is 0. The van der Waals surface area contributed by atoms with Crippen LogP contribution in [0.25, 0.3) is 11.0 Å². The van der Waals surface area contributed by atoms with Crippen molar-refractivity contribution in [1.29, 1.82) is 0 Å². The van der Waals surface area contributed by atoms with Crippen molar-refractivity contribution < 1.29 is 4.39 Å². The molecule has 1 aromatic heterocycles. The highest BCUT2D eigenvalue weighted by molar-refractivity contribution is 6.31. The molecule has 2 aromatic rings. The van der Waals surface area contributed by atoms with Gasteiger partial charge in [0, 0.05) is 6.07 Å². The van der Waals surface area contributed by atoms with Crippen LogP contribution in [0.4, 0.5) is 10.2 Å². The molecule has 66 valence electrons. The second-order valence-corrected chi connectivity index (χ2v) is 2.89. The molecule has 0 bridgehead atoms. The summed E-state index contributed by atoms with van der Waals surface area (Å²) in [5, 5.41) is 0.0955. The number of halogens is 2. The van der Waals surface area contributed by atoms with Crippen LogP contribution in [0.2, 0.25) is 5.15 Å². The van der Waals surface area contributed by atoms with E-state index in [0.29, 0.717) is 11.0 Å². The molecular formula is C8H5ClFN3. The SMILES string of the molecule is Nc1nc2ccc(F)cc2nc1Cl. The van der Waals surface area contributed by atoms with Gasteiger partial charge in [0.15, 0.2) is 11.0 Å². The van der Waals surface area contributed by atoms with Gasteiger partial charge in [0.25, 0.3) is 0 Å². The molecule has 3 nitrogen and oxygen atoms in total. The summed E-state index contributed by atoms with van der Waals surface area (Å²) in [4.78, 5) is 7.81. The highest BCUT2D eigenvalue weighted by atomic mass is 35.5. The minimum absolute atomic E-state index is 0.0955. The molecule has 0 amide bonds. The smallest absolute Gasteiger partial charge is 0.171 e. The second-order valence-electron chi connectivity index (χ2n) is 2.53. The van der Waals surface area contributed by atoms with Crippen LogP contribution >= 0.6 is 11.6 Å². The normalized spacial score (nSPS) is 10.6. The summed E-state index contributed by atoms with van der Waals surface area (Å²) in [6, 6.07) is 4.06. The average molecular weight is 198 g/mol. The predicted molar refractivity (Wildman–Crippen MR) is 48.9 cm³/mol. The molecule has 5 heteroatoms. The van der Waals surface area contributed by atoms with Crippen LogP contribution < -0.4 is 5.73 Å². The van der Waals surface area contributed by atoms with E-state index in [0.717, 1.165) is 0 Å². The molecule has 0 aliphatic carbocycles. The quantitative estimate of drug-likeness (QED) is 0.703. The van der Waals surface area contributed by atoms with Crippen LogP contribution in [-0.4, -0.2) is 9.97 Å². The highest BCUT2D eigenvalue weighted by Gasteiger charge is 2.03. The number of hydrogen-bond acceptors (Lipinski definition) is 3. The average Bonchev–Trinajstić information content (AvgIpc) is 2.08. The third-order valence-electron chi connectivity index (χ3n) is 1.61. The molecular weight excluding hydrogens is 193 g/mol. The second kappa shape index (κ2) is 2.81. The van der Waals surface area contributed by atoms with Gasteiger partial charge in [-0.25, -0.2) is 14.4 Å². The van der Waals surface area contributed by atoms with E-state index in [1.165, 1.54) is 18.2 Å². The molecule has 1 aromatic carbocycles. The Balaban J connectivity index is 2.81. The first kappa shape index (κ1) is 8.19. The molecule has 1 heterocycles. The van der Waals surface area contributed by atoms with Gasteiger partial charge >= 0.3 is 0 Å². The lowest BCUT2D eigenvalue weighted by molar-refractivity contribution is 0.629. The Morgan fingerprint density at radius 2 is 2.00 bits per heavy atom. The molecule has 2 rings (SSSR count). The van der Waals surface area contributed by atoms with Gasteiger partial charge in [-0.15, -0.1) is 0 Å². The maximum Gasteiger partial charge on any atom is 0.171 e. The summed E-state index contributed by atoms with van der Waals surface area (Å²) >= 11 is 5.62. The Hall–Kier alpha value is -1.42. The molecule has 2 N–H and O–H groups in total. The van der Waals surface area contributed by atoms with Crippen LogP contribution in [0.3, 0.4) is 0 Å². The zero-order valence-electron chi connectivity index (χ0n) is 6.46. The van der Waals surface area contributed by atoms with Crippen LogP contribution in [0.1, 0.15) is 0 Å². The molecule has 0 fully saturated rings. The fraction of sp³-hybridized carbons (Fsp3) is 0. The van der Waals surface area contributed by atoms with E-state index < -0.39 is 0 Å². The molecule has 0 saturated carbocycles. The molecule has 0 aliphatic heterocycles. The van der Waals surface area contributed by atoms with Gasteiger partial charge in [0.2, 0.25) is 0 Å². The number of rotatable bonds is 0. The first-order chi connectivity index (χ1) is 6.16. The van der Waals surface area contributed by atoms with E-state index >= 15 is 0 Å². The fourth-order valence-corrected chi connectivity index (χ4v) is 1.15. The predicted octanol–water partition coefficient (Wildman–Crippen LogP) is 2.00. The minimum Gasteiger partial charge on any atom is -0.381 e. The lowest BCUT2D eigenvalue weighted by atomic mass is 10.3. The number of anilines is 1. The van der Waals surface area contributed by atoms with Crippen molar-refractivity contribution in [2.45, 2.75) is 0 Å². The van der Waals surface area contributed by atoms with Crippen molar-refractivity contribution in [3.63, 3.8) is 0 Å². The Bertz CT molecular complexity index is 472. The highest BCUT2D eigenvalue weighted by Crippen LogP contribution is 2.18. The van der Waals surface area contributed by atoms with Crippen molar-refractivity contribution in [2.75, 3.05) is 5.73 Å². The lowest BCUT2D eigenvalue weighted by Crippen LogP contribution is -1.95. The number of aromatic nitrogens is 2. The van der Waals surface area contributed by atoms with Gasteiger partial charge in [-0.2, -0.15) is 0 Å². The molecule has 0 aliphatic rings. The number of fused-ring (bicyclic) bond motifs is 1. The topological polar surface area (TPSA) is 51.8 Å². The summed E-state index contributed by atoms with van der Waals surface area (Å²) in [7, 11) is 0. The minimum atomic E-state index is -0.373. The monoisotopic (exact) mass is 197 g/mol. The largest absolute Gasteiger partial charge is 0.381 e. The number of nitrogens with two attached hydrogens (primary N) is 1. The van der Waals surface area contributed by atoms with Crippen LogP contribution in [0.15, 0.2) is 18.2 Å². The van der Waals surface area contributed by atoms with Gasteiger partial charge in [0.1, 0.15) is 5.82 Å². The fourth-order valence-electron chi connectivity index (χ4n) is 1.02. The first-order valence-corrected chi connectivity index (χ1v) is 3.93. The third kappa shape index (κ3) is 1.40. The zero-order valence-corrected chi connectivity index (χ0v) is 7.22. The van der Waals surface area contributed by atoms with Crippen molar-refractivity contribution >= 4 is 28.5 Å². The number of hydrogen-bond donors (Lipinski definition) is 1. The maximum atomic E-state index is 12.7. The Kier molecular flexibility index (Phi) is 1.77. The van der Waals surface area contributed by atoms with E-state index in [1.807, 2.05) is 0 Å². The molecule has 0 radical (unpaired) electrons. The molecule has 0 saturated heterocycles. The van der Waals surface area contributed by atoms with Crippen LogP contribution in [0.5, 0.6) is 0 Å². The molecule has 0 unspecified atom stereocenters. The Morgan fingerprint density at radius 3 is 2.77 bits per heavy atom. The van der Waals surface area contributed by atoms with E-state index in [1.54, 1.807) is 0 Å². The maximum absolute atomic E-state index is 12.7. The standard InChI is InChI=1S/C8H5ClFN3/c9-7-8(11)13-5-2-1-4(10)3-6(5)12-7/h1-3H,(H2,11,13). The zero-order chi connectivity index (χ0) is 9.42. The summed E-state index contributed by atoms with van der Waals surface area (Å²) in [5.74, 6) is -0.219. The van der Waals surface area contributed by atoms with Gasteiger partial charge in [-0.1, -0.05) is 11.6 Å². The van der Waals surface area contributed by atoms with E-state index in [-0.39, 0.29) is 16.8 Å². The molecule has 0 spiro atoms. The third-order valence-corrected chi connectivity index (χ3v) is 1.89. The van der Waals surface area contributed by atoms with Crippen LogP contribution in [-0.2, 0) is 0 Å². The van der Waals surface area contributed by atoms with Crippen molar-refractivity contribution in [2.24, 2.45) is 0 Å². The van der Waals surface area contributed by atoms with Gasteiger partial charge in [-0.3, -0.25) is 0 Å². The Labute approximate surface area is 78.4 Å². The summed E-state index contributed by atoms with van der Waals surface area (Å²) in [6.45, 7) is 0. The molecule has 0 atom stereocenters. The number of nitrogens with zero attached hydrogens (tertiary/aromatic N) is 2. The number of nitrogen functional groups attached to an aromatic ring is 1. The first-order valence-electron chi connectivity index (χ1n) is 3.55. The molecule has 13 heavy (non-hydrogen) atoms. The Morgan fingerprint density at radius 1 is 1.23 bits per heavy atom. The van der Waals surface area contributed by atoms with E-state index in [4.69, 9.17) is 17.3 Å². The summed E-state index contributed by atoms with van der Waals surface area (Å²) in [5.41, 5.74) is 6.36. The van der Waals surface area contributed by atoms with Gasteiger partial charge in [-0.05, 0) is 12.1 Å². The lowest BCUT2D eigenvalue weighted by Gasteiger charge is -1.99. The van der Waals surface area contributed by atoms with Crippen molar-refractivity contribution in [3.8, 4) is 0 Å².